The maximum atomic E-state index is 13.2. The molecule has 1 saturated heterocycles. The van der Waals surface area contributed by atoms with Crippen molar-refractivity contribution < 1.29 is 39.8 Å². The Morgan fingerprint density at radius 2 is 0.677 bits per heavy atom. The number of carbonyl (C=O) groups is 1. The van der Waals surface area contributed by atoms with E-state index in [-0.39, 0.29) is 12.5 Å². The van der Waals surface area contributed by atoms with Crippen molar-refractivity contribution in [1.29, 1.82) is 0 Å². The normalized spacial score (nSPS) is 18.5. The summed E-state index contributed by atoms with van der Waals surface area (Å²) in [6.07, 6.45) is 104. The third kappa shape index (κ3) is 58.9. The number of allylic oxidation sites excluding steroid dienone is 25. The van der Waals surface area contributed by atoms with Crippen molar-refractivity contribution in [2.75, 3.05) is 13.2 Å². The highest BCUT2D eigenvalue weighted by atomic mass is 16.7. The zero-order chi connectivity index (χ0) is 67.1. The van der Waals surface area contributed by atoms with E-state index in [2.05, 4.69) is 165 Å². The van der Waals surface area contributed by atoms with Crippen LogP contribution in [-0.2, 0) is 14.3 Å². The quantitative estimate of drug-likeness (QED) is 0.0261. The molecule has 7 unspecified atom stereocenters. The van der Waals surface area contributed by atoms with Gasteiger partial charge in [-0.05, 0) is 122 Å². The number of carbonyl (C=O) groups excluding carboxylic acids is 1. The molecule has 1 fully saturated rings. The van der Waals surface area contributed by atoms with E-state index in [1.54, 1.807) is 6.08 Å². The van der Waals surface area contributed by atoms with Crippen LogP contribution < -0.4 is 5.32 Å². The molecule has 0 aromatic rings. The van der Waals surface area contributed by atoms with Gasteiger partial charge in [0, 0.05) is 6.42 Å². The van der Waals surface area contributed by atoms with Crippen LogP contribution in [0.5, 0.6) is 0 Å². The molecule has 0 bridgehead atoms. The first-order chi connectivity index (χ1) is 45.8. The SMILES string of the molecule is CC/C=C\C/C=C\C/C=C\C/C=C\C/C=C\C/C=C\C/C=C\C/C=C\C/C=C\C/C=C\CCCCCCCCCCCCC(=O)NC(COC1OC(CO)C(O)C(O)C1O)C(O)/C=C/CC/C=C/CC/C=C/CCCCCCCCCCCCCCCCCCCCC. The minimum Gasteiger partial charge on any atom is -0.394 e. The summed E-state index contributed by atoms with van der Waals surface area (Å²) in [4.78, 5) is 13.2. The third-order valence-electron chi connectivity index (χ3n) is 17.1. The number of rotatable bonds is 65. The van der Waals surface area contributed by atoms with E-state index >= 15 is 0 Å². The number of ether oxygens (including phenoxy) is 2. The molecular formula is C84H141NO8. The monoisotopic (exact) mass is 1290 g/mol. The van der Waals surface area contributed by atoms with Crippen LogP contribution in [0.4, 0.5) is 0 Å². The maximum Gasteiger partial charge on any atom is 0.220 e. The molecule has 93 heavy (non-hydrogen) atoms. The highest BCUT2D eigenvalue weighted by Crippen LogP contribution is 2.23. The van der Waals surface area contributed by atoms with Crippen LogP contribution in [0.2, 0.25) is 0 Å². The first-order valence-corrected chi connectivity index (χ1v) is 38.2. The lowest BCUT2D eigenvalue weighted by Gasteiger charge is -2.40. The van der Waals surface area contributed by atoms with E-state index in [0.717, 1.165) is 128 Å². The van der Waals surface area contributed by atoms with E-state index in [4.69, 9.17) is 9.47 Å². The van der Waals surface area contributed by atoms with E-state index < -0.39 is 49.5 Å². The molecule has 0 aromatic carbocycles. The lowest BCUT2D eigenvalue weighted by atomic mass is 9.99. The number of aliphatic hydroxyl groups excluding tert-OH is 5. The predicted octanol–water partition coefficient (Wildman–Crippen LogP) is 21.9. The number of nitrogens with one attached hydrogen (secondary N) is 1. The van der Waals surface area contributed by atoms with Gasteiger partial charge in [-0.25, -0.2) is 0 Å². The van der Waals surface area contributed by atoms with Gasteiger partial charge < -0.3 is 40.3 Å². The molecule has 1 aliphatic heterocycles. The largest absolute Gasteiger partial charge is 0.394 e. The van der Waals surface area contributed by atoms with Gasteiger partial charge in [0.2, 0.25) is 5.91 Å². The Bertz CT molecular complexity index is 2040. The second-order valence-corrected chi connectivity index (χ2v) is 25.7. The van der Waals surface area contributed by atoms with Gasteiger partial charge in [-0.1, -0.05) is 339 Å². The van der Waals surface area contributed by atoms with Crippen LogP contribution in [0.1, 0.15) is 309 Å². The van der Waals surface area contributed by atoms with Gasteiger partial charge in [0.25, 0.3) is 0 Å². The summed E-state index contributed by atoms with van der Waals surface area (Å²) in [6.45, 7) is 3.66. The van der Waals surface area contributed by atoms with Gasteiger partial charge in [-0.3, -0.25) is 4.79 Å². The summed E-state index contributed by atoms with van der Waals surface area (Å²) in [7, 11) is 0. The average Bonchev–Trinajstić information content (AvgIpc) is 1.00. The summed E-state index contributed by atoms with van der Waals surface area (Å²) in [5.74, 6) is -0.199. The minimum atomic E-state index is -1.59. The van der Waals surface area contributed by atoms with Gasteiger partial charge in [-0.15, -0.1) is 0 Å². The van der Waals surface area contributed by atoms with Crippen LogP contribution >= 0.6 is 0 Å². The van der Waals surface area contributed by atoms with Crippen LogP contribution in [0, 0.1) is 0 Å². The van der Waals surface area contributed by atoms with E-state index in [0.29, 0.717) is 6.42 Å². The molecule has 9 nitrogen and oxygen atoms in total. The van der Waals surface area contributed by atoms with Crippen molar-refractivity contribution in [3.63, 3.8) is 0 Å². The first-order valence-electron chi connectivity index (χ1n) is 38.2. The fraction of sp³-hybridized carbons (Fsp3) is 0.679. The molecule has 1 aliphatic rings. The smallest absolute Gasteiger partial charge is 0.220 e. The number of hydrogen-bond donors (Lipinski definition) is 6. The van der Waals surface area contributed by atoms with Crippen LogP contribution in [-0.4, -0.2) is 87.5 Å². The average molecular weight is 1290 g/mol. The molecule has 7 atom stereocenters. The van der Waals surface area contributed by atoms with Crippen LogP contribution in [0.25, 0.3) is 0 Å². The molecule has 9 heteroatoms. The highest BCUT2D eigenvalue weighted by Gasteiger charge is 2.44. The van der Waals surface area contributed by atoms with Crippen molar-refractivity contribution in [2.24, 2.45) is 0 Å². The maximum absolute atomic E-state index is 13.2. The Morgan fingerprint density at radius 1 is 0.376 bits per heavy atom. The standard InChI is InChI=1S/C84H141NO8/c1-3-5-7-9-11-13-15-17-19-21-23-25-27-29-31-33-34-35-36-37-38-39-40-41-42-43-44-46-48-50-52-54-56-58-60-62-64-66-68-70-72-74-80(88)85-77(76-92-84-83(91)82(90)81(89)79(75-86)93-84)78(87)73-71-69-67-65-63-61-59-57-55-53-51-49-47-45-32-30-28-26-24-22-20-18-16-14-12-10-8-6-4-2/h5,7,11,13,17,19,23,25,29,31,34-35,37-38,40-41,43-44,48,50,55,57,63,65,71,73,77-79,81-84,86-87,89-91H,3-4,6,8-10,12,14-16,18,20-22,24,26-28,30,32-33,36,39,42,45-47,49,51-54,56,58-62,64,66-70,72,74-76H2,1-2H3,(H,85,88)/b7-5-,13-11-,19-17-,25-23-,31-29-,35-34-,38-37-,41-40-,44-43-,50-48-,57-55+,65-63+,73-71+. The summed E-state index contributed by atoms with van der Waals surface area (Å²) in [5, 5.41) is 54.8. The molecule has 0 radical (unpaired) electrons. The molecule has 530 valence electrons. The Hall–Kier alpha value is -4.19. The number of aliphatic hydroxyl groups is 5. The highest BCUT2D eigenvalue weighted by molar-refractivity contribution is 5.76. The minimum absolute atomic E-state index is 0.199. The molecule has 1 heterocycles. The van der Waals surface area contributed by atoms with Gasteiger partial charge in [0.05, 0.1) is 25.4 Å². The second-order valence-electron chi connectivity index (χ2n) is 25.7. The van der Waals surface area contributed by atoms with E-state index in [9.17, 15) is 30.3 Å². The van der Waals surface area contributed by atoms with Crippen molar-refractivity contribution in [2.45, 2.75) is 352 Å². The lowest BCUT2D eigenvalue weighted by Crippen LogP contribution is -2.60. The number of hydrogen-bond acceptors (Lipinski definition) is 8. The Balaban J connectivity index is 2.16. The predicted molar refractivity (Wildman–Crippen MR) is 400 cm³/mol. The molecule has 0 aromatic heterocycles. The zero-order valence-corrected chi connectivity index (χ0v) is 59.5. The lowest BCUT2D eigenvalue weighted by molar-refractivity contribution is -0.302. The molecule has 0 saturated carbocycles. The summed E-state index contributed by atoms with van der Waals surface area (Å²) < 4.78 is 11.3. The Morgan fingerprint density at radius 3 is 1.03 bits per heavy atom. The van der Waals surface area contributed by atoms with Gasteiger partial charge in [0.15, 0.2) is 6.29 Å². The second kappa shape index (κ2) is 70.6. The molecule has 6 N–H and O–H groups in total. The van der Waals surface area contributed by atoms with Gasteiger partial charge in [-0.2, -0.15) is 0 Å². The molecule has 1 amide bonds. The first kappa shape index (κ1) is 86.8. The molecule has 0 spiro atoms. The molecule has 0 aliphatic carbocycles. The fourth-order valence-corrected chi connectivity index (χ4v) is 11.2. The molecule has 1 rings (SSSR count). The van der Waals surface area contributed by atoms with Crippen molar-refractivity contribution >= 4 is 5.91 Å². The van der Waals surface area contributed by atoms with Crippen LogP contribution in [0.15, 0.2) is 158 Å². The van der Waals surface area contributed by atoms with E-state index in [1.807, 2.05) is 6.08 Å². The zero-order valence-electron chi connectivity index (χ0n) is 59.5. The van der Waals surface area contributed by atoms with Crippen molar-refractivity contribution in [3.8, 4) is 0 Å². The number of unbranched alkanes of at least 4 members (excludes halogenated alkanes) is 31. The van der Waals surface area contributed by atoms with Gasteiger partial charge in [0.1, 0.15) is 24.4 Å². The van der Waals surface area contributed by atoms with Crippen molar-refractivity contribution in [3.05, 3.63) is 158 Å². The molecular weight excluding hydrogens is 1150 g/mol. The van der Waals surface area contributed by atoms with E-state index in [1.165, 1.54) is 161 Å². The van der Waals surface area contributed by atoms with Gasteiger partial charge >= 0.3 is 0 Å². The summed E-state index contributed by atoms with van der Waals surface area (Å²) >= 11 is 0. The number of amides is 1. The topological polar surface area (TPSA) is 149 Å². The summed E-state index contributed by atoms with van der Waals surface area (Å²) in [6, 6.07) is -0.844. The fourth-order valence-electron chi connectivity index (χ4n) is 11.2. The Labute approximate surface area is 571 Å². The van der Waals surface area contributed by atoms with Crippen molar-refractivity contribution in [1.82, 2.24) is 5.32 Å². The third-order valence-corrected chi connectivity index (χ3v) is 17.1. The van der Waals surface area contributed by atoms with Crippen LogP contribution in [0.3, 0.4) is 0 Å². The summed E-state index contributed by atoms with van der Waals surface area (Å²) in [5.41, 5.74) is 0. The Kier molecular flexibility index (Phi) is 65.9.